The summed E-state index contributed by atoms with van der Waals surface area (Å²) in [5.74, 6) is 6.34. The molecule has 0 spiro atoms. The van der Waals surface area contributed by atoms with Gasteiger partial charge in [-0.3, -0.25) is 4.55 Å². The standard InChI is InChI=1S/C19H36O4S/c20-18-16-14-12-10-8-6-4-2-1-3-5-7-9-11-13-15-17-19-24(21,22)23/h20H,1-5,7,9-19H2,(H,21,22,23). The predicted molar refractivity (Wildman–Crippen MR) is 101 cm³/mol. The van der Waals surface area contributed by atoms with Crippen molar-refractivity contribution in [1.29, 1.82) is 0 Å². The summed E-state index contributed by atoms with van der Waals surface area (Å²) in [5, 5.41) is 8.65. The number of aliphatic hydroxyl groups is 1. The van der Waals surface area contributed by atoms with Gasteiger partial charge >= 0.3 is 0 Å². The summed E-state index contributed by atoms with van der Waals surface area (Å²) < 4.78 is 29.7. The lowest BCUT2D eigenvalue weighted by Crippen LogP contribution is -2.03. The number of unbranched alkanes of at least 4 members (excludes halogenated alkanes) is 13. The molecule has 0 heterocycles. The summed E-state index contributed by atoms with van der Waals surface area (Å²) in [5.41, 5.74) is 0. The average molecular weight is 361 g/mol. The second-order valence-electron chi connectivity index (χ2n) is 6.46. The molecule has 0 fully saturated rings. The molecule has 0 saturated carbocycles. The van der Waals surface area contributed by atoms with Gasteiger partial charge in [-0.1, -0.05) is 57.8 Å². The quantitative estimate of drug-likeness (QED) is 0.237. The average Bonchev–Trinajstić information content (AvgIpc) is 2.52. The van der Waals surface area contributed by atoms with Gasteiger partial charge in [-0.25, -0.2) is 0 Å². The molecule has 0 aromatic heterocycles. The summed E-state index contributed by atoms with van der Waals surface area (Å²) in [4.78, 5) is 0. The van der Waals surface area contributed by atoms with Crippen molar-refractivity contribution in [1.82, 2.24) is 0 Å². The fraction of sp³-hybridized carbons (Fsp3) is 0.895. The molecule has 0 aliphatic carbocycles. The van der Waals surface area contributed by atoms with E-state index in [4.69, 9.17) is 9.66 Å². The molecule has 0 bridgehead atoms. The first-order chi connectivity index (χ1) is 11.6. The Balaban J connectivity index is 3.14. The van der Waals surface area contributed by atoms with Crippen molar-refractivity contribution in [2.75, 3.05) is 12.4 Å². The van der Waals surface area contributed by atoms with Gasteiger partial charge in [0.15, 0.2) is 0 Å². The lowest BCUT2D eigenvalue weighted by molar-refractivity contribution is 0.283. The molecule has 0 saturated heterocycles. The minimum atomic E-state index is -3.76. The topological polar surface area (TPSA) is 74.6 Å². The van der Waals surface area contributed by atoms with E-state index in [2.05, 4.69) is 11.8 Å². The monoisotopic (exact) mass is 360 g/mol. The van der Waals surface area contributed by atoms with Crippen LogP contribution in [0.5, 0.6) is 0 Å². The van der Waals surface area contributed by atoms with E-state index in [1.807, 2.05) is 0 Å². The maximum absolute atomic E-state index is 10.5. The van der Waals surface area contributed by atoms with Crippen molar-refractivity contribution < 1.29 is 18.1 Å². The second kappa shape index (κ2) is 17.3. The Kier molecular flexibility index (Phi) is 16.8. The Morgan fingerprint density at radius 1 is 0.583 bits per heavy atom. The van der Waals surface area contributed by atoms with Gasteiger partial charge in [0.2, 0.25) is 0 Å². The minimum Gasteiger partial charge on any atom is -0.396 e. The summed E-state index contributed by atoms with van der Waals surface area (Å²) >= 11 is 0. The van der Waals surface area contributed by atoms with Crippen molar-refractivity contribution in [3.63, 3.8) is 0 Å². The summed E-state index contributed by atoms with van der Waals surface area (Å²) in [7, 11) is -3.76. The van der Waals surface area contributed by atoms with E-state index in [0.717, 1.165) is 51.4 Å². The largest absolute Gasteiger partial charge is 0.396 e. The lowest BCUT2D eigenvalue weighted by Gasteiger charge is -2.02. The van der Waals surface area contributed by atoms with E-state index in [-0.39, 0.29) is 5.75 Å². The summed E-state index contributed by atoms with van der Waals surface area (Å²) in [6.07, 6.45) is 16.2. The summed E-state index contributed by atoms with van der Waals surface area (Å²) in [6.45, 7) is 0.293. The number of rotatable bonds is 16. The highest BCUT2D eigenvalue weighted by atomic mass is 32.2. The van der Waals surface area contributed by atoms with Gasteiger partial charge in [0.05, 0.1) is 5.75 Å². The van der Waals surface area contributed by atoms with E-state index in [0.29, 0.717) is 13.0 Å². The molecular weight excluding hydrogens is 324 g/mol. The van der Waals surface area contributed by atoms with Crippen LogP contribution in [-0.2, 0) is 10.1 Å². The molecule has 0 aliphatic rings. The number of hydrogen-bond acceptors (Lipinski definition) is 3. The van der Waals surface area contributed by atoms with Crippen LogP contribution in [0.3, 0.4) is 0 Å². The van der Waals surface area contributed by atoms with Crippen LogP contribution >= 0.6 is 0 Å². The van der Waals surface area contributed by atoms with Crippen LogP contribution < -0.4 is 0 Å². The van der Waals surface area contributed by atoms with Crippen molar-refractivity contribution >= 4 is 10.1 Å². The SMILES string of the molecule is O=S(=O)(O)CCCCCCCCCCCCC#CCCCCCO. The minimum absolute atomic E-state index is 0.0987. The normalized spacial score (nSPS) is 11.2. The molecule has 4 nitrogen and oxygen atoms in total. The zero-order chi connectivity index (χ0) is 17.9. The molecule has 0 aromatic carbocycles. The van der Waals surface area contributed by atoms with Gasteiger partial charge in [-0.2, -0.15) is 8.42 Å². The van der Waals surface area contributed by atoms with Crippen LogP contribution in [0, 0.1) is 11.8 Å². The van der Waals surface area contributed by atoms with Gasteiger partial charge < -0.3 is 5.11 Å². The highest BCUT2D eigenvalue weighted by molar-refractivity contribution is 7.85. The Bertz CT molecular complexity index is 420. The molecule has 0 aliphatic heterocycles. The smallest absolute Gasteiger partial charge is 0.264 e. The zero-order valence-electron chi connectivity index (χ0n) is 15.1. The molecule has 2 N–H and O–H groups in total. The van der Waals surface area contributed by atoms with E-state index < -0.39 is 10.1 Å². The zero-order valence-corrected chi connectivity index (χ0v) is 16.0. The van der Waals surface area contributed by atoms with Gasteiger partial charge in [0.1, 0.15) is 0 Å². The first-order valence-corrected chi connectivity index (χ1v) is 11.2. The number of hydrogen-bond donors (Lipinski definition) is 2. The Morgan fingerprint density at radius 2 is 0.958 bits per heavy atom. The van der Waals surface area contributed by atoms with Crippen molar-refractivity contribution in [3.05, 3.63) is 0 Å². The lowest BCUT2D eigenvalue weighted by atomic mass is 10.1. The molecule has 142 valence electrons. The number of aliphatic hydroxyl groups excluding tert-OH is 1. The van der Waals surface area contributed by atoms with Crippen LogP contribution in [0.25, 0.3) is 0 Å². The third-order valence-electron chi connectivity index (χ3n) is 4.04. The third kappa shape index (κ3) is 21.4. The van der Waals surface area contributed by atoms with Crippen LogP contribution in [0.15, 0.2) is 0 Å². The molecule has 0 rings (SSSR count). The van der Waals surface area contributed by atoms with Crippen LogP contribution in [0.4, 0.5) is 0 Å². The first kappa shape index (κ1) is 23.4. The molecule has 0 unspecified atom stereocenters. The van der Waals surface area contributed by atoms with E-state index in [1.54, 1.807) is 0 Å². The molecule has 0 aromatic rings. The van der Waals surface area contributed by atoms with Gasteiger partial charge in [-0.15, -0.1) is 11.8 Å². The maximum Gasteiger partial charge on any atom is 0.264 e. The van der Waals surface area contributed by atoms with E-state index in [1.165, 1.54) is 38.5 Å². The molecule has 0 amide bonds. The first-order valence-electron chi connectivity index (χ1n) is 9.58. The highest BCUT2D eigenvalue weighted by Gasteiger charge is 2.02. The maximum atomic E-state index is 10.5. The van der Waals surface area contributed by atoms with Crippen molar-refractivity contribution in [2.24, 2.45) is 0 Å². The van der Waals surface area contributed by atoms with E-state index in [9.17, 15) is 8.42 Å². The Hall–Kier alpha value is -0.570. The summed E-state index contributed by atoms with van der Waals surface area (Å²) in [6, 6.07) is 0. The van der Waals surface area contributed by atoms with Crippen molar-refractivity contribution in [2.45, 2.75) is 96.3 Å². The van der Waals surface area contributed by atoms with Gasteiger partial charge in [0.25, 0.3) is 10.1 Å². The van der Waals surface area contributed by atoms with Crippen molar-refractivity contribution in [3.8, 4) is 11.8 Å². The molecule has 5 heteroatoms. The van der Waals surface area contributed by atoms with E-state index >= 15 is 0 Å². The fourth-order valence-corrected chi connectivity index (χ4v) is 3.16. The molecule has 24 heavy (non-hydrogen) atoms. The third-order valence-corrected chi connectivity index (χ3v) is 4.84. The Labute approximate surface area is 149 Å². The fourth-order valence-electron chi connectivity index (χ4n) is 2.59. The van der Waals surface area contributed by atoms with Crippen LogP contribution in [-0.4, -0.2) is 30.4 Å². The predicted octanol–water partition coefficient (Wildman–Crippen LogP) is 4.72. The van der Waals surface area contributed by atoms with Gasteiger partial charge in [-0.05, 0) is 25.7 Å². The molecular formula is C19H36O4S. The van der Waals surface area contributed by atoms with Crippen LogP contribution in [0.1, 0.15) is 96.3 Å². The molecule has 0 radical (unpaired) electrons. The van der Waals surface area contributed by atoms with Gasteiger partial charge in [0, 0.05) is 19.4 Å². The Morgan fingerprint density at radius 3 is 1.38 bits per heavy atom. The second-order valence-corrected chi connectivity index (χ2v) is 8.03. The van der Waals surface area contributed by atoms with Crippen LogP contribution in [0.2, 0.25) is 0 Å². The highest BCUT2D eigenvalue weighted by Crippen LogP contribution is 2.11. The molecule has 0 atom stereocenters.